The van der Waals surface area contributed by atoms with E-state index in [9.17, 15) is 15.2 Å². The molecule has 10 nitrogen and oxygen atoms in total. The van der Waals surface area contributed by atoms with Gasteiger partial charge in [0.25, 0.3) is 0 Å². The molecule has 1 N–H and O–H groups in total. The molecule has 4 rings (SSSR count). The average molecular weight is 433 g/mol. The third-order valence-electron chi connectivity index (χ3n) is 5.37. The van der Waals surface area contributed by atoms with Crippen LogP contribution in [0.4, 0.5) is 5.82 Å². The molecule has 1 aliphatic rings. The summed E-state index contributed by atoms with van der Waals surface area (Å²) >= 11 is 1.40. The lowest BCUT2D eigenvalue weighted by molar-refractivity contribution is -0.392. The van der Waals surface area contributed by atoms with Crippen LogP contribution in [0.1, 0.15) is 44.0 Å². The Labute approximate surface area is 177 Å². The lowest BCUT2D eigenvalue weighted by Crippen LogP contribution is -2.21. The van der Waals surface area contributed by atoms with Gasteiger partial charge in [-0.25, -0.2) is 9.55 Å². The fraction of sp³-hybridized carbons (Fsp3) is 0.526. The van der Waals surface area contributed by atoms with Crippen LogP contribution in [-0.4, -0.2) is 46.2 Å². The van der Waals surface area contributed by atoms with Gasteiger partial charge in [-0.05, 0) is 29.9 Å². The largest absolute Gasteiger partial charge is 0.461 e. The molecular formula is C19H24N6O4S. The van der Waals surface area contributed by atoms with Crippen LogP contribution < -0.4 is 0 Å². The lowest BCUT2D eigenvalue weighted by Gasteiger charge is -2.25. The second-order valence-corrected chi connectivity index (χ2v) is 8.43. The summed E-state index contributed by atoms with van der Waals surface area (Å²) in [6.07, 6.45) is 7.71. The van der Waals surface area contributed by atoms with Crippen molar-refractivity contribution >= 4 is 17.6 Å². The van der Waals surface area contributed by atoms with Crippen molar-refractivity contribution in [3.8, 4) is 11.6 Å². The molecule has 1 aliphatic carbocycles. The number of imidazole rings is 1. The minimum atomic E-state index is -0.801. The minimum Gasteiger partial charge on any atom is -0.461 e. The maximum atomic E-state index is 11.2. The number of aryl methyl sites for hydroxylation is 1. The van der Waals surface area contributed by atoms with Gasteiger partial charge in [0.2, 0.25) is 5.82 Å². The number of hydrogen-bond donors (Lipinski definition) is 1. The molecule has 0 bridgehead atoms. The zero-order chi connectivity index (χ0) is 21.1. The average Bonchev–Trinajstić information content (AvgIpc) is 3.47. The summed E-state index contributed by atoms with van der Waals surface area (Å²) < 4.78 is 9.10. The van der Waals surface area contributed by atoms with Gasteiger partial charge in [-0.15, -0.1) is 10.2 Å². The van der Waals surface area contributed by atoms with Gasteiger partial charge < -0.3 is 19.6 Å². The number of hydrogen-bond acceptors (Lipinski definition) is 8. The van der Waals surface area contributed by atoms with Crippen molar-refractivity contribution < 1.29 is 14.4 Å². The van der Waals surface area contributed by atoms with Crippen molar-refractivity contribution in [2.75, 3.05) is 5.75 Å². The van der Waals surface area contributed by atoms with Crippen molar-refractivity contribution in [3.63, 3.8) is 0 Å². The van der Waals surface area contributed by atoms with Crippen molar-refractivity contribution in [1.82, 2.24) is 24.3 Å². The molecule has 0 radical (unpaired) electrons. The van der Waals surface area contributed by atoms with E-state index in [1.807, 2.05) is 12.1 Å². The first-order chi connectivity index (χ1) is 14.5. The molecular weight excluding hydrogens is 408 g/mol. The number of aliphatic hydroxyl groups is 1. The molecule has 1 unspecified atom stereocenters. The number of aliphatic hydroxyl groups excluding tert-OH is 1. The van der Waals surface area contributed by atoms with Crippen LogP contribution in [0.15, 0.2) is 34.2 Å². The second kappa shape index (κ2) is 9.00. The van der Waals surface area contributed by atoms with Crippen LogP contribution in [0.3, 0.4) is 0 Å². The fourth-order valence-corrected chi connectivity index (χ4v) is 4.80. The Balaban J connectivity index is 1.50. The van der Waals surface area contributed by atoms with Gasteiger partial charge in [0.05, 0.1) is 6.26 Å². The van der Waals surface area contributed by atoms with Gasteiger partial charge >= 0.3 is 5.82 Å². The zero-order valence-electron chi connectivity index (χ0n) is 16.7. The summed E-state index contributed by atoms with van der Waals surface area (Å²) in [7, 11) is 0. The van der Waals surface area contributed by atoms with E-state index in [4.69, 9.17) is 4.42 Å². The Hall–Kier alpha value is -2.66. The first-order valence-corrected chi connectivity index (χ1v) is 11.0. The second-order valence-electron chi connectivity index (χ2n) is 7.44. The van der Waals surface area contributed by atoms with E-state index in [1.165, 1.54) is 28.9 Å². The Bertz CT molecular complexity index is 993. The monoisotopic (exact) mass is 432 g/mol. The molecule has 3 aromatic rings. The van der Waals surface area contributed by atoms with Crippen molar-refractivity contribution in [3.05, 3.63) is 40.5 Å². The third-order valence-corrected chi connectivity index (χ3v) is 6.45. The van der Waals surface area contributed by atoms with Crippen LogP contribution >= 0.6 is 11.8 Å². The number of nitro groups is 1. The van der Waals surface area contributed by atoms with Gasteiger partial charge in [0.15, 0.2) is 16.7 Å². The van der Waals surface area contributed by atoms with Gasteiger partial charge in [-0.3, -0.25) is 4.57 Å². The molecule has 160 valence electrons. The molecule has 3 aromatic heterocycles. The van der Waals surface area contributed by atoms with E-state index in [0.29, 0.717) is 29.2 Å². The first-order valence-electron chi connectivity index (χ1n) is 10.0. The van der Waals surface area contributed by atoms with E-state index >= 15 is 0 Å². The molecule has 1 fully saturated rings. The summed E-state index contributed by atoms with van der Waals surface area (Å²) in [5.74, 6) is 2.07. The predicted octanol–water partition coefficient (Wildman–Crippen LogP) is 3.61. The summed E-state index contributed by atoms with van der Waals surface area (Å²) in [4.78, 5) is 14.7. The molecule has 1 saturated carbocycles. The molecule has 30 heavy (non-hydrogen) atoms. The molecule has 0 aliphatic heterocycles. The van der Waals surface area contributed by atoms with Crippen LogP contribution in [0.25, 0.3) is 11.6 Å². The highest BCUT2D eigenvalue weighted by Gasteiger charge is 2.26. The van der Waals surface area contributed by atoms with Gasteiger partial charge in [-0.2, -0.15) is 0 Å². The summed E-state index contributed by atoms with van der Waals surface area (Å²) in [6.45, 7) is 1.78. The van der Waals surface area contributed by atoms with Crippen molar-refractivity contribution in [2.45, 2.75) is 62.9 Å². The third kappa shape index (κ3) is 4.26. The molecule has 1 atom stereocenters. The maximum absolute atomic E-state index is 11.2. The molecule has 3 heterocycles. The Morgan fingerprint density at radius 3 is 2.87 bits per heavy atom. The van der Waals surface area contributed by atoms with Crippen LogP contribution in [0, 0.1) is 17.0 Å². The van der Waals surface area contributed by atoms with E-state index in [-0.39, 0.29) is 12.4 Å². The normalized spacial score (nSPS) is 16.1. The SMILES string of the molecule is Cc1ncc([N+](=O)[O-])n1CC(O)CSc1nnc(-c2ccco2)n1C1CCCCC1. The van der Waals surface area contributed by atoms with Crippen LogP contribution in [0.2, 0.25) is 0 Å². The molecule has 0 amide bonds. The standard InChI is InChI=1S/C19H24N6O4S/c1-13-20-10-17(25(27)28)23(13)11-15(26)12-30-19-22-21-18(16-8-5-9-29-16)24(19)14-6-3-2-4-7-14/h5,8-10,14-15,26H,2-4,6-7,11-12H2,1H3. The first kappa shape index (κ1) is 20.6. The topological polar surface area (TPSA) is 125 Å². The quantitative estimate of drug-likeness (QED) is 0.325. The molecule has 11 heteroatoms. The lowest BCUT2D eigenvalue weighted by atomic mass is 9.95. The minimum absolute atomic E-state index is 0.0950. The van der Waals surface area contributed by atoms with Crippen LogP contribution in [0.5, 0.6) is 0 Å². The van der Waals surface area contributed by atoms with E-state index in [2.05, 4.69) is 19.7 Å². The van der Waals surface area contributed by atoms with Gasteiger partial charge in [0, 0.05) is 18.7 Å². The Morgan fingerprint density at radius 2 is 2.17 bits per heavy atom. The number of thioether (sulfide) groups is 1. The highest BCUT2D eigenvalue weighted by Crippen LogP contribution is 2.35. The summed E-state index contributed by atoms with van der Waals surface area (Å²) in [5.41, 5.74) is 0. The van der Waals surface area contributed by atoms with E-state index in [0.717, 1.165) is 30.8 Å². The van der Waals surface area contributed by atoms with E-state index in [1.54, 1.807) is 13.2 Å². The van der Waals surface area contributed by atoms with Crippen molar-refractivity contribution in [2.24, 2.45) is 0 Å². The zero-order valence-corrected chi connectivity index (χ0v) is 17.5. The Morgan fingerprint density at radius 1 is 1.37 bits per heavy atom. The number of aromatic nitrogens is 5. The van der Waals surface area contributed by atoms with Gasteiger partial charge in [-0.1, -0.05) is 31.0 Å². The molecule has 0 aromatic carbocycles. The van der Waals surface area contributed by atoms with Gasteiger partial charge in [0.1, 0.15) is 18.8 Å². The van der Waals surface area contributed by atoms with Crippen LogP contribution in [-0.2, 0) is 6.54 Å². The maximum Gasteiger partial charge on any atom is 0.342 e. The highest BCUT2D eigenvalue weighted by molar-refractivity contribution is 7.99. The summed E-state index contributed by atoms with van der Waals surface area (Å²) in [6, 6.07) is 3.99. The number of furan rings is 1. The number of nitrogens with zero attached hydrogens (tertiary/aromatic N) is 6. The smallest absolute Gasteiger partial charge is 0.342 e. The molecule has 0 spiro atoms. The van der Waals surface area contributed by atoms with E-state index < -0.39 is 11.0 Å². The van der Waals surface area contributed by atoms with Crippen molar-refractivity contribution in [1.29, 1.82) is 0 Å². The highest BCUT2D eigenvalue weighted by atomic mass is 32.2. The molecule has 0 saturated heterocycles. The Kier molecular flexibility index (Phi) is 6.18. The number of rotatable bonds is 8. The fourth-order valence-electron chi connectivity index (χ4n) is 3.88. The predicted molar refractivity (Wildman–Crippen MR) is 110 cm³/mol. The summed E-state index contributed by atoms with van der Waals surface area (Å²) in [5, 5.41) is 31.1.